The second-order valence-electron chi connectivity index (χ2n) is 6.45. The van der Waals surface area contributed by atoms with Crippen LogP contribution >= 0.6 is 0 Å². The van der Waals surface area contributed by atoms with E-state index < -0.39 is 0 Å². The van der Waals surface area contributed by atoms with E-state index in [1.54, 1.807) is 6.92 Å². The fraction of sp³-hybridized carbons (Fsp3) is 0.867. The third-order valence-electron chi connectivity index (χ3n) is 4.82. The highest BCUT2D eigenvalue weighted by molar-refractivity contribution is 5.79. The summed E-state index contributed by atoms with van der Waals surface area (Å²) < 4.78 is 0. The van der Waals surface area contributed by atoms with Crippen molar-refractivity contribution in [3.05, 3.63) is 0 Å². The second-order valence-corrected chi connectivity index (χ2v) is 6.45. The van der Waals surface area contributed by atoms with E-state index in [4.69, 9.17) is 5.73 Å². The van der Waals surface area contributed by atoms with Crippen molar-refractivity contribution >= 4 is 11.8 Å². The number of nitrogens with one attached hydrogen (secondary N) is 1. The Kier molecular flexibility index (Phi) is 5.02. The summed E-state index contributed by atoms with van der Waals surface area (Å²) in [4.78, 5) is 25.5. The molecular weight excluding hydrogens is 254 g/mol. The minimum atomic E-state index is 0.0158. The van der Waals surface area contributed by atoms with Gasteiger partial charge in [-0.3, -0.25) is 9.59 Å². The summed E-state index contributed by atoms with van der Waals surface area (Å²) in [6.45, 7) is 5.22. The summed E-state index contributed by atoms with van der Waals surface area (Å²) >= 11 is 0. The van der Waals surface area contributed by atoms with Gasteiger partial charge >= 0.3 is 0 Å². The molecule has 5 nitrogen and oxygen atoms in total. The smallest absolute Gasteiger partial charge is 0.225 e. The van der Waals surface area contributed by atoms with Gasteiger partial charge in [0.25, 0.3) is 0 Å². The number of rotatable bonds is 2. The Bertz CT molecular complexity index is 364. The molecule has 2 aliphatic rings. The quantitative estimate of drug-likeness (QED) is 0.789. The number of nitrogens with zero attached hydrogens (tertiary/aromatic N) is 1. The number of amides is 2. The van der Waals surface area contributed by atoms with Crippen molar-refractivity contribution in [3.8, 4) is 0 Å². The summed E-state index contributed by atoms with van der Waals surface area (Å²) in [7, 11) is 0. The molecule has 20 heavy (non-hydrogen) atoms. The minimum Gasteiger partial charge on any atom is -0.353 e. The first-order valence-electron chi connectivity index (χ1n) is 7.79. The van der Waals surface area contributed by atoms with Gasteiger partial charge in [0.05, 0.1) is 0 Å². The van der Waals surface area contributed by atoms with Crippen molar-refractivity contribution in [3.63, 3.8) is 0 Å². The first-order chi connectivity index (χ1) is 9.47. The molecule has 1 aliphatic carbocycles. The van der Waals surface area contributed by atoms with E-state index in [-0.39, 0.29) is 29.8 Å². The number of likely N-dealkylation sites (tertiary alicyclic amines) is 1. The summed E-state index contributed by atoms with van der Waals surface area (Å²) in [5, 5.41) is 2.94. The molecule has 1 saturated carbocycles. The zero-order valence-corrected chi connectivity index (χ0v) is 12.6. The van der Waals surface area contributed by atoms with E-state index in [2.05, 4.69) is 12.2 Å². The van der Waals surface area contributed by atoms with Crippen LogP contribution in [0.4, 0.5) is 0 Å². The first-order valence-corrected chi connectivity index (χ1v) is 7.79. The van der Waals surface area contributed by atoms with Gasteiger partial charge in [0.2, 0.25) is 11.8 Å². The van der Waals surface area contributed by atoms with Gasteiger partial charge in [-0.1, -0.05) is 6.92 Å². The van der Waals surface area contributed by atoms with E-state index in [9.17, 15) is 9.59 Å². The third-order valence-corrected chi connectivity index (χ3v) is 4.82. The zero-order chi connectivity index (χ0) is 14.7. The van der Waals surface area contributed by atoms with Crippen LogP contribution in [-0.4, -0.2) is 41.9 Å². The molecule has 2 rings (SSSR count). The van der Waals surface area contributed by atoms with Crippen LogP contribution in [-0.2, 0) is 9.59 Å². The molecule has 0 aromatic heterocycles. The fourth-order valence-corrected chi connectivity index (χ4v) is 3.37. The highest BCUT2D eigenvalue weighted by Crippen LogP contribution is 2.29. The third kappa shape index (κ3) is 3.72. The molecular formula is C15H27N3O2. The number of hydrogen-bond donors (Lipinski definition) is 2. The number of carbonyl (C=O) groups is 2. The summed E-state index contributed by atoms with van der Waals surface area (Å²) in [6.07, 6.45) is 4.58. The molecule has 2 amide bonds. The SMILES string of the molecule is CC(=O)NC1CCN(C(=O)C2CCC(C)C(N)C2)CC1. The van der Waals surface area contributed by atoms with Crippen LogP contribution in [0.15, 0.2) is 0 Å². The topological polar surface area (TPSA) is 75.4 Å². The zero-order valence-electron chi connectivity index (χ0n) is 12.6. The highest BCUT2D eigenvalue weighted by atomic mass is 16.2. The normalized spacial score (nSPS) is 31.9. The number of carbonyl (C=O) groups excluding carboxylic acids is 2. The maximum absolute atomic E-state index is 12.5. The average molecular weight is 281 g/mol. The molecule has 3 atom stereocenters. The van der Waals surface area contributed by atoms with Gasteiger partial charge in [-0.2, -0.15) is 0 Å². The van der Waals surface area contributed by atoms with Crippen molar-refractivity contribution in [2.24, 2.45) is 17.6 Å². The second kappa shape index (κ2) is 6.57. The Morgan fingerprint density at radius 1 is 1.15 bits per heavy atom. The Morgan fingerprint density at radius 3 is 2.35 bits per heavy atom. The Hall–Kier alpha value is -1.10. The van der Waals surface area contributed by atoms with E-state index in [1.165, 1.54) is 0 Å². The van der Waals surface area contributed by atoms with Crippen LogP contribution in [0.2, 0.25) is 0 Å². The summed E-state index contributed by atoms with van der Waals surface area (Å²) in [5.74, 6) is 0.929. The molecule has 0 radical (unpaired) electrons. The lowest BCUT2D eigenvalue weighted by Gasteiger charge is -2.37. The van der Waals surface area contributed by atoms with Crippen LogP contribution in [0.1, 0.15) is 46.0 Å². The summed E-state index contributed by atoms with van der Waals surface area (Å²) in [6, 6.07) is 0.389. The van der Waals surface area contributed by atoms with E-state index >= 15 is 0 Å². The van der Waals surface area contributed by atoms with Crippen molar-refractivity contribution < 1.29 is 9.59 Å². The van der Waals surface area contributed by atoms with Gasteiger partial charge < -0.3 is 16.0 Å². The Balaban J connectivity index is 1.81. The number of nitrogens with two attached hydrogens (primary N) is 1. The maximum atomic E-state index is 12.5. The lowest BCUT2D eigenvalue weighted by Crippen LogP contribution is -2.49. The average Bonchev–Trinajstić information content (AvgIpc) is 2.41. The van der Waals surface area contributed by atoms with Crippen LogP contribution in [0, 0.1) is 11.8 Å². The Labute approximate surface area is 121 Å². The van der Waals surface area contributed by atoms with E-state index in [0.29, 0.717) is 5.92 Å². The minimum absolute atomic E-state index is 0.0158. The van der Waals surface area contributed by atoms with Gasteiger partial charge in [0, 0.05) is 38.0 Å². The van der Waals surface area contributed by atoms with Crippen LogP contribution in [0.5, 0.6) is 0 Å². The molecule has 1 saturated heterocycles. The molecule has 2 fully saturated rings. The molecule has 3 unspecified atom stereocenters. The molecule has 0 bridgehead atoms. The van der Waals surface area contributed by atoms with Crippen molar-refractivity contribution in [1.29, 1.82) is 0 Å². The highest BCUT2D eigenvalue weighted by Gasteiger charge is 2.33. The molecule has 3 N–H and O–H groups in total. The molecule has 5 heteroatoms. The molecule has 1 aliphatic heterocycles. The Morgan fingerprint density at radius 2 is 1.80 bits per heavy atom. The maximum Gasteiger partial charge on any atom is 0.225 e. The van der Waals surface area contributed by atoms with E-state index in [0.717, 1.165) is 45.2 Å². The van der Waals surface area contributed by atoms with Crippen LogP contribution in [0.25, 0.3) is 0 Å². The predicted molar refractivity (Wildman–Crippen MR) is 77.9 cm³/mol. The van der Waals surface area contributed by atoms with Gasteiger partial charge in [-0.05, 0) is 38.0 Å². The van der Waals surface area contributed by atoms with Crippen molar-refractivity contribution in [2.45, 2.75) is 58.0 Å². The van der Waals surface area contributed by atoms with Gasteiger partial charge in [0.1, 0.15) is 0 Å². The van der Waals surface area contributed by atoms with Gasteiger partial charge in [0.15, 0.2) is 0 Å². The molecule has 1 heterocycles. The van der Waals surface area contributed by atoms with Gasteiger partial charge in [-0.25, -0.2) is 0 Å². The first kappa shape index (κ1) is 15.3. The molecule has 0 spiro atoms. The number of piperidine rings is 1. The van der Waals surface area contributed by atoms with Crippen molar-refractivity contribution in [1.82, 2.24) is 10.2 Å². The molecule has 0 aromatic rings. The van der Waals surface area contributed by atoms with E-state index in [1.807, 2.05) is 4.90 Å². The monoisotopic (exact) mass is 281 g/mol. The lowest BCUT2D eigenvalue weighted by atomic mass is 9.79. The molecule has 114 valence electrons. The van der Waals surface area contributed by atoms with Crippen LogP contribution in [0.3, 0.4) is 0 Å². The standard InChI is InChI=1S/C15H27N3O2/c1-10-3-4-12(9-14(10)16)15(20)18-7-5-13(6-8-18)17-11(2)19/h10,12-14H,3-9,16H2,1-2H3,(H,17,19). The predicted octanol–water partition coefficient (Wildman–Crippen LogP) is 0.877. The largest absolute Gasteiger partial charge is 0.353 e. The van der Waals surface area contributed by atoms with Crippen molar-refractivity contribution in [2.75, 3.05) is 13.1 Å². The molecule has 0 aromatic carbocycles. The van der Waals surface area contributed by atoms with Crippen LogP contribution < -0.4 is 11.1 Å². The number of hydrogen-bond acceptors (Lipinski definition) is 3. The fourth-order valence-electron chi connectivity index (χ4n) is 3.37. The summed E-state index contributed by atoms with van der Waals surface area (Å²) in [5.41, 5.74) is 6.09. The lowest BCUT2D eigenvalue weighted by molar-refractivity contribution is -0.138. The van der Waals surface area contributed by atoms with Gasteiger partial charge in [-0.15, -0.1) is 0 Å².